The van der Waals surface area contributed by atoms with Gasteiger partial charge in [-0.2, -0.15) is 0 Å². The van der Waals surface area contributed by atoms with Gasteiger partial charge in [0.05, 0.1) is 0 Å². The molecule has 0 aliphatic heterocycles. The van der Waals surface area contributed by atoms with Crippen LogP contribution < -0.4 is 0 Å². The quantitative estimate of drug-likeness (QED) is 0.393. The molecule has 0 aliphatic carbocycles. The summed E-state index contributed by atoms with van der Waals surface area (Å²) in [5.41, 5.74) is 0. The first kappa shape index (κ1) is 8.43. The van der Waals surface area contributed by atoms with Gasteiger partial charge >= 0.3 is 94.2 Å². The topological polar surface area (TPSA) is 0 Å². The SMILES string of the molecule is [Se]=c1sc(I)c(I)[se]1. The molecule has 1 aromatic heterocycles. The molecule has 44 valence electrons. The summed E-state index contributed by atoms with van der Waals surface area (Å²) in [5, 5.41) is 0. The third-order valence-electron chi connectivity index (χ3n) is 0.500. The van der Waals surface area contributed by atoms with Crippen LogP contribution in [-0.2, 0) is 0 Å². The van der Waals surface area contributed by atoms with E-state index >= 15 is 0 Å². The van der Waals surface area contributed by atoms with E-state index in [-0.39, 0.29) is 0 Å². The van der Waals surface area contributed by atoms with Crippen molar-refractivity contribution in [3.05, 3.63) is 7.58 Å². The molecule has 0 N–H and O–H groups in total. The first-order valence-electron chi connectivity index (χ1n) is 1.65. The fourth-order valence-corrected chi connectivity index (χ4v) is 11.4. The molecule has 0 amide bonds. The Kier molecular flexibility index (Phi) is 3.84. The first-order chi connectivity index (χ1) is 3.70. The third-order valence-corrected chi connectivity index (χ3v) is 9.99. The van der Waals surface area contributed by atoms with E-state index in [0.29, 0.717) is 14.5 Å². The van der Waals surface area contributed by atoms with Crippen molar-refractivity contribution in [2.75, 3.05) is 0 Å². The van der Waals surface area contributed by atoms with Gasteiger partial charge in [0, 0.05) is 0 Å². The summed E-state index contributed by atoms with van der Waals surface area (Å²) in [6.07, 6.45) is 0. The minimum absolute atomic E-state index is 0.641. The molecule has 0 unspecified atom stereocenters. The fourth-order valence-electron chi connectivity index (χ4n) is 0.247. The second kappa shape index (κ2) is 3.64. The summed E-state index contributed by atoms with van der Waals surface area (Å²) in [6, 6.07) is 0. The van der Waals surface area contributed by atoms with E-state index in [9.17, 15) is 0 Å². The standard InChI is InChI=1S/C3I2SSe2/c4-1-2(5)8-3(7)6-1. The van der Waals surface area contributed by atoms with Crippen molar-refractivity contribution in [2.24, 2.45) is 0 Å². The van der Waals surface area contributed by atoms with Crippen molar-refractivity contribution in [1.29, 1.82) is 0 Å². The second-order valence-electron chi connectivity index (χ2n) is 1.00. The van der Waals surface area contributed by atoms with Crippen LogP contribution in [0.1, 0.15) is 0 Å². The van der Waals surface area contributed by atoms with Crippen LogP contribution in [0.4, 0.5) is 0 Å². The van der Waals surface area contributed by atoms with E-state index in [1.165, 1.54) is 7.58 Å². The zero-order chi connectivity index (χ0) is 6.15. The zero-order valence-electron chi connectivity index (χ0n) is 3.48. The molecule has 0 aliphatic rings. The fraction of sp³-hybridized carbons (Fsp3) is 0. The third kappa shape index (κ3) is 2.18. The number of halogens is 2. The van der Waals surface area contributed by atoms with Crippen LogP contribution in [0.5, 0.6) is 0 Å². The van der Waals surface area contributed by atoms with Crippen LogP contribution in [0.15, 0.2) is 0 Å². The summed E-state index contributed by atoms with van der Waals surface area (Å²) < 4.78 is 4.46. The zero-order valence-corrected chi connectivity index (χ0v) is 12.0. The summed E-state index contributed by atoms with van der Waals surface area (Å²) in [5.74, 6) is 0. The Bertz CT molecular complexity index is 215. The molecule has 8 heavy (non-hydrogen) atoms. The van der Waals surface area contributed by atoms with Crippen LogP contribution in [-0.4, -0.2) is 30.1 Å². The van der Waals surface area contributed by atoms with Gasteiger partial charge in [0.1, 0.15) is 0 Å². The van der Waals surface area contributed by atoms with Gasteiger partial charge in [-0.15, -0.1) is 0 Å². The summed E-state index contributed by atoms with van der Waals surface area (Å²) in [6.45, 7) is 0. The molecule has 0 nitrogen and oxygen atoms in total. The van der Waals surface area contributed by atoms with Gasteiger partial charge in [-0.1, -0.05) is 0 Å². The normalized spacial score (nSPS) is 9.75. The van der Waals surface area contributed by atoms with E-state index in [1.807, 2.05) is 11.3 Å². The predicted molar refractivity (Wildman–Crippen MR) is 55.7 cm³/mol. The van der Waals surface area contributed by atoms with Crippen molar-refractivity contribution < 1.29 is 0 Å². The molecular formula is C3I2SSe2. The molecule has 0 aromatic carbocycles. The summed E-state index contributed by atoms with van der Waals surface area (Å²) in [7, 11) is 0. The van der Waals surface area contributed by atoms with Crippen molar-refractivity contribution in [3.8, 4) is 0 Å². The van der Waals surface area contributed by atoms with Crippen LogP contribution in [0, 0.1) is 7.58 Å². The molecule has 1 aromatic rings. The van der Waals surface area contributed by atoms with Gasteiger partial charge in [-0.3, -0.25) is 0 Å². The Morgan fingerprint density at radius 3 is 2.25 bits per heavy atom. The minimum atomic E-state index is 0.641. The van der Waals surface area contributed by atoms with E-state index in [1.54, 1.807) is 0 Å². The van der Waals surface area contributed by atoms with Crippen LogP contribution in [0.3, 0.4) is 0 Å². The molecule has 0 saturated carbocycles. The molecule has 0 atom stereocenters. The molecule has 0 saturated heterocycles. The predicted octanol–water partition coefficient (Wildman–Crippen LogP) is 1.71. The number of rotatable bonds is 0. The Morgan fingerprint density at radius 1 is 1.50 bits per heavy atom. The first-order valence-corrected chi connectivity index (χ1v) is 7.19. The van der Waals surface area contributed by atoms with E-state index < -0.39 is 0 Å². The molecule has 0 bridgehead atoms. The molecule has 0 spiro atoms. The van der Waals surface area contributed by atoms with Gasteiger partial charge < -0.3 is 0 Å². The Morgan fingerprint density at radius 2 is 2.12 bits per heavy atom. The molecule has 0 radical (unpaired) electrons. The van der Waals surface area contributed by atoms with Gasteiger partial charge in [0.15, 0.2) is 0 Å². The van der Waals surface area contributed by atoms with Crippen molar-refractivity contribution >= 4 is 86.6 Å². The number of hydrogen-bond donors (Lipinski definition) is 0. The number of hydrogen-bond acceptors (Lipinski definition) is 1. The second-order valence-corrected chi connectivity index (χ2v) is 12.0. The van der Waals surface area contributed by atoms with Crippen molar-refractivity contribution in [2.45, 2.75) is 0 Å². The van der Waals surface area contributed by atoms with E-state index in [4.69, 9.17) is 0 Å². The average Bonchev–Trinajstić information content (AvgIpc) is 1.85. The molecule has 1 rings (SSSR count). The Labute approximate surface area is 92.5 Å². The molecule has 5 heteroatoms. The van der Waals surface area contributed by atoms with Gasteiger partial charge in [0.25, 0.3) is 0 Å². The van der Waals surface area contributed by atoms with Gasteiger partial charge in [-0.05, 0) is 0 Å². The molecule has 0 fully saturated rings. The maximum atomic E-state index is 3.06. The van der Waals surface area contributed by atoms with Crippen molar-refractivity contribution in [3.63, 3.8) is 0 Å². The van der Waals surface area contributed by atoms with E-state index in [0.717, 1.165) is 0 Å². The van der Waals surface area contributed by atoms with Crippen LogP contribution in [0.2, 0.25) is 0 Å². The van der Waals surface area contributed by atoms with Gasteiger partial charge in [0.2, 0.25) is 0 Å². The molecule has 1 heterocycles. The maximum absolute atomic E-state index is 3.06. The van der Waals surface area contributed by atoms with Gasteiger partial charge in [-0.25, -0.2) is 0 Å². The van der Waals surface area contributed by atoms with Crippen molar-refractivity contribution in [1.82, 2.24) is 0 Å². The molecular weight excluding hydrogens is 480 g/mol. The van der Waals surface area contributed by atoms with Crippen LogP contribution in [0.25, 0.3) is 0 Å². The average molecular weight is 480 g/mol. The monoisotopic (exact) mass is 482 g/mol. The summed E-state index contributed by atoms with van der Waals surface area (Å²) in [4.78, 5) is 0. The summed E-state index contributed by atoms with van der Waals surface area (Å²) >= 11 is 10.4. The van der Waals surface area contributed by atoms with E-state index in [2.05, 4.69) is 60.8 Å². The Balaban J connectivity index is 3.35. The Hall–Kier alpha value is 2.33. The van der Waals surface area contributed by atoms with Crippen LogP contribution >= 0.6 is 56.5 Å².